The number of aromatic nitrogens is 4. The van der Waals surface area contributed by atoms with Crippen LogP contribution in [0.4, 0.5) is 0 Å². The SMILES string of the molecule is O=C(O)Cn1cc(CNC(=O)c2csc(C3CCCO3)n2)nn1. The summed E-state index contributed by atoms with van der Waals surface area (Å²) in [6.07, 6.45) is 3.42. The first-order valence-electron chi connectivity index (χ1n) is 7.08. The van der Waals surface area contributed by atoms with Crippen molar-refractivity contribution in [2.45, 2.75) is 32.0 Å². The molecule has 9 nitrogen and oxygen atoms in total. The van der Waals surface area contributed by atoms with Crippen LogP contribution in [0.1, 0.15) is 40.1 Å². The predicted octanol–water partition coefficient (Wildman–Crippen LogP) is 0.601. The van der Waals surface area contributed by atoms with Crippen LogP contribution in [0, 0.1) is 0 Å². The third-order valence-electron chi connectivity index (χ3n) is 3.27. The highest BCUT2D eigenvalue weighted by Crippen LogP contribution is 2.30. The minimum Gasteiger partial charge on any atom is -0.480 e. The predicted molar refractivity (Wildman–Crippen MR) is 78.9 cm³/mol. The monoisotopic (exact) mass is 337 g/mol. The molecule has 10 heteroatoms. The van der Waals surface area contributed by atoms with Gasteiger partial charge in [-0.15, -0.1) is 16.4 Å². The number of carboxylic acid groups (broad SMARTS) is 1. The van der Waals surface area contributed by atoms with Crippen molar-refractivity contribution in [2.75, 3.05) is 6.61 Å². The summed E-state index contributed by atoms with van der Waals surface area (Å²) in [6, 6.07) is 0. The molecule has 122 valence electrons. The summed E-state index contributed by atoms with van der Waals surface area (Å²) in [5.74, 6) is -1.31. The van der Waals surface area contributed by atoms with E-state index >= 15 is 0 Å². The fraction of sp³-hybridized carbons (Fsp3) is 0.462. The number of carbonyl (C=O) groups is 2. The van der Waals surface area contributed by atoms with Gasteiger partial charge in [-0.3, -0.25) is 9.59 Å². The minimum absolute atomic E-state index is 0.00235. The lowest BCUT2D eigenvalue weighted by atomic mass is 10.2. The van der Waals surface area contributed by atoms with E-state index in [4.69, 9.17) is 9.84 Å². The molecule has 2 aromatic heterocycles. The van der Waals surface area contributed by atoms with E-state index in [1.165, 1.54) is 22.2 Å². The second kappa shape index (κ2) is 6.84. The number of aliphatic carboxylic acids is 1. The van der Waals surface area contributed by atoms with E-state index in [0.29, 0.717) is 11.4 Å². The van der Waals surface area contributed by atoms with Crippen LogP contribution in [0.25, 0.3) is 0 Å². The third kappa shape index (κ3) is 3.90. The van der Waals surface area contributed by atoms with Gasteiger partial charge in [-0.25, -0.2) is 9.67 Å². The van der Waals surface area contributed by atoms with Crippen LogP contribution in [0.2, 0.25) is 0 Å². The number of hydrogen-bond donors (Lipinski definition) is 2. The zero-order valence-electron chi connectivity index (χ0n) is 12.1. The Balaban J connectivity index is 1.54. The first-order valence-corrected chi connectivity index (χ1v) is 7.96. The first-order chi connectivity index (χ1) is 11.1. The number of rotatable bonds is 6. The molecule has 1 unspecified atom stereocenters. The van der Waals surface area contributed by atoms with E-state index < -0.39 is 5.97 Å². The van der Waals surface area contributed by atoms with Gasteiger partial charge in [0.25, 0.3) is 5.91 Å². The molecule has 2 aromatic rings. The molecule has 0 bridgehead atoms. The van der Waals surface area contributed by atoms with Crippen LogP contribution in [0.3, 0.4) is 0 Å². The first kappa shape index (κ1) is 15.6. The molecular formula is C13H15N5O4S. The van der Waals surface area contributed by atoms with Crippen LogP contribution in [0.15, 0.2) is 11.6 Å². The molecule has 1 amide bonds. The largest absolute Gasteiger partial charge is 0.480 e. The maximum atomic E-state index is 12.1. The highest BCUT2D eigenvalue weighted by molar-refractivity contribution is 7.09. The molecule has 0 radical (unpaired) electrons. The lowest BCUT2D eigenvalue weighted by molar-refractivity contribution is -0.137. The summed E-state index contributed by atoms with van der Waals surface area (Å²) < 4.78 is 6.74. The zero-order chi connectivity index (χ0) is 16.2. The smallest absolute Gasteiger partial charge is 0.325 e. The maximum Gasteiger partial charge on any atom is 0.325 e. The van der Waals surface area contributed by atoms with Crippen molar-refractivity contribution in [2.24, 2.45) is 0 Å². The van der Waals surface area contributed by atoms with Gasteiger partial charge in [-0.2, -0.15) is 0 Å². The number of hydrogen-bond acceptors (Lipinski definition) is 7. The molecule has 3 rings (SSSR count). The Morgan fingerprint density at radius 1 is 1.52 bits per heavy atom. The molecule has 0 aliphatic carbocycles. The summed E-state index contributed by atoms with van der Waals surface area (Å²) in [5.41, 5.74) is 0.826. The molecule has 0 saturated carbocycles. The summed E-state index contributed by atoms with van der Waals surface area (Å²) in [4.78, 5) is 27.0. The Morgan fingerprint density at radius 2 is 2.39 bits per heavy atom. The second-order valence-electron chi connectivity index (χ2n) is 5.06. The molecule has 2 N–H and O–H groups in total. The highest BCUT2D eigenvalue weighted by atomic mass is 32.1. The summed E-state index contributed by atoms with van der Waals surface area (Å²) >= 11 is 1.41. The van der Waals surface area contributed by atoms with Crippen molar-refractivity contribution in [3.8, 4) is 0 Å². The molecule has 1 atom stereocenters. The van der Waals surface area contributed by atoms with E-state index in [0.717, 1.165) is 24.5 Å². The van der Waals surface area contributed by atoms with Crippen molar-refractivity contribution in [1.29, 1.82) is 0 Å². The van der Waals surface area contributed by atoms with E-state index in [9.17, 15) is 9.59 Å². The number of nitrogens with one attached hydrogen (secondary N) is 1. The Labute approximate surface area is 135 Å². The molecule has 1 fully saturated rings. The van der Waals surface area contributed by atoms with Gasteiger partial charge in [-0.05, 0) is 12.8 Å². The number of carboxylic acids is 1. The fourth-order valence-electron chi connectivity index (χ4n) is 2.21. The maximum absolute atomic E-state index is 12.1. The summed E-state index contributed by atoms with van der Waals surface area (Å²) in [7, 11) is 0. The van der Waals surface area contributed by atoms with E-state index in [-0.39, 0.29) is 25.1 Å². The van der Waals surface area contributed by atoms with Crippen molar-refractivity contribution < 1.29 is 19.4 Å². The van der Waals surface area contributed by atoms with Gasteiger partial charge >= 0.3 is 5.97 Å². The second-order valence-corrected chi connectivity index (χ2v) is 5.95. The average Bonchev–Trinajstić information content (AvgIpc) is 3.24. The molecule has 23 heavy (non-hydrogen) atoms. The van der Waals surface area contributed by atoms with Gasteiger partial charge < -0.3 is 15.2 Å². The van der Waals surface area contributed by atoms with Crippen LogP contribution < -0.4 is 5.32 Å². The number of thiazole rings is 1. The zero-order valence-corrected chi connectivity index (χ0v) is 13.0. The lowest BCUT2D eigenvalue weighted by Crippen LogP contribution is -2.23. The van der Waals surface area contributed by atoms with E-state index in [1.54, 1.807) is 5.38 Å². The van der Waals surface area contributed by atoms with Gasteiger partial charge in [0.1, 0.15) is 29.0 Å². The van der Waals surface area contributed by atoms with Gasteiger partial charge in [0.2, 0.25) is 0 Å². The fourth-order valence-corrected chi connectivity index (χ4v) is 3.09. The van der Waals surface area contributed by atoms with Crippen LogP contribution in [-0.4, -0.2) is 43.6 Å². The van der Waals surface area contributed by atoms with Crippen molar-refractivity contribution in [1.82, 2.24) is 25.3 Å². The Kier molecular flexibility index (Phi) is 4.63. The quantitative estimate of drug-likeness (QED) is 0.792. The van der Waals surface area contributed by atoms with Gasteiger partial charge in [0.05, 0.1) is 12.7 Å². The van der Waals surface area contributed by atoms with Crippen molar-refractivity contribution in [3.63, 3.8) is 0 Å². The van der Waals surface area contributed by atoms with E-state index in [2.05, 4.69) is 20.6 Å². The third-order valence-corrected chi connectivity index (χ3v) is 4.21. The van der Waals surface area contributed by atoms with Crippen molar-refractivity contribution >= 4 is 23.2 Å². The summed E-state index contributed by atoms with van der Waals surface area (Å²) in [6.45, 7) is 0.626. The molecule has 1 aliphatic rings. The van der Waals surface area contributed by atoms with Gasteiger partial charge in [-0.1, -0.05) is 5.21 Å². The van der Waals surface area contributed by atoms with E-state index in [1.807, 2.05) is 0 Å². The number of ether oxygens (including phenoxy) is 1. The van der Waals surface area contributed by atoms with Crippen LogP contribution in [0.5, 0.6) is 0 Å². The van der Waals surface area contributed by atoms with Gasteiger partial charge in [0.15, 0.2) is 0 Å². The minimum atomic E-state index is -1.00. The molecule has 0 spiro atoms. The topological polar surface area (TPSA) is 119 Å². The molecular weight excluding hydrogens is 322 g/mol. The normalized spacial score (nSPS) is 17.3. The average molecular weight is 337 g/mol. The number of amides is 1. The highest BCUT2D eigenvalue weighted by Gasteiger charge is 2.22. The summed E-state index contributed by atoms with van der Waals surface area (Å²) in [5, 5.41) is 21.3. The van der Waals surface area contributed by atoms with Gasteiger partial charge in [0, 0.05) is 12.0 Å². The Morgan fingerprint density at radius 3 is 3.13 bits per heavy atom. The molecule has 0 aromatic carbocycles. The number of carbonyl (C=O) groups excluding carboxylic acids is 1. The Hall–Kier alpha value is -2.33. The van der Waals surface area contributed by atoms with Crippen molar-refractivity contribution in [3.05, 3.63) is 28.0 Å². The number of nitrogens with zero attached hydrogens (tertiary/aromatic N) is 4. The lowest BCUT2D eigenvalue weighted by Gasteiger charge is -2.03. The molecule has 1 saturated heterocycles. The standard InChI is InChI=1S/C13H15N5O4S/c19-11(20)6-18-5-8(16-17-18)4-14-12(21)9-7-23-13(15-9)10-2-1-3-22-10/h5,7,10H,1-4,6H2,(H,14,21)(H,19,20). The molecule has 1 aliphatic heterocycles. The van der Waals surface area contributed by atoms with Crippen LogP contribution >= 0.6 is 11.3 Å². The molecule has 3 heterocycles. The van der Waals surface area contributed by atoms with Crippen LogP contribution in [-0.2, 0) is 22.6 Å². The Bertz CT molecular complexity index is 707.